The van der Waals surface area contributed by atoms with Crippen LogP contribution in [0, 0.1) is 17.2 Å². The molecule has 0 saturated carbocycles. The minimum atomic E-state index is -3.07. The van der Waals surface area contributed by atoms with Crippen molar-refractivity contribution in [1.29, 1.82) is 5.26 Å². The van der Waals surface area contributed by atoms with Gasteiger partial charge in [0.25, 0.3) is 5.92 Å². The van der Waals surface area contributed by atoms with Crippen molar-refractivity contribution < 1.29 is 18.4 Å². The molecule has 118 valence electrons. The van der Waals surface area contributed by atoms with Gasteiger partial charge in [0.15, 0.2) is 0 Å². The molecule has 2 unspecified atom stereocenters. The third-order valence-electron chi connectivity index (χ3n) is 3.26. The zero-order valence-electron chi connectivity index (χ0n) is 12.3. The van der Waals surface area contributed by atoms with Crippen molar-refractivity contribution in [3.63, 3.8) is 0 Å². The summed E-state index contributed by atoms with van der Waals surface area (Å²) in [7, 11) is 0. The molecular weight excluding hydrogens is 282 g/mol. The van der Waals surface area contributed by atoms with Gasteiger partial charge in [-0.25, -0.2) is 13.6 Å². The molecule has 0 radical (unpaired) electrons. The van der Waals surface area contributed by atoms with E-state index in [2.05, 4.69) is 10.6 Å². The van der Waals surface area contributed by atoms with Crippen molar-refractivity contribution in [1.82, 2.24) is 15.5 Å². The quantitative estimate of drug-likeness (QED) is 0.815. The number of amides is 3. The van der Waals surface area contributed by atoms with Crippen molar-refractivity contribution >= 4 is 11.9 Å². The average Bonchev–Trinajstić information content (AvgIpc) is 2.70. The first kappa shape index (κ1) is 17.1. The number of carbonyl (C=O) groups excluding carboxylic acids is 2. The van der Waals surface area contributed by atoms with Crippen LogP contribution in [0.1, 0.15) is 27.2 Å². The van der Waals surface area contributed by atoms with E-state index in [1.165, 1.54) is 0 Å². The van der Waals surface area contributed by atoms with Gasteiger partial charge in [-0.05, 0) is 12.8 Å². The molecule has 1 rings (SSSR count). The third kappa shape index (κ3) is 4.28. The van der Waals surface area contributed by atoms with E-state index in [1.807, 2.05) is 0 Å². The SMILES string of the molecule is CCNC(=O)NC(C(=O)N1CC(F)(F)CC1C#N)C(C)C. The maximum atomic E-state index is 13.4. The first-order chi connectivity index (χ1) is 9.71. The number of carbonyl (C=O) groups is 2. The van der Waals surface area contributed by atoms with E-state index in [0.29, 0.717) is 6.54 Å². The van der Waals surface area contributed by atoms with Crippen LogP contribution < -0.4 is 10.6 Å². The fourth-order valence-electron chi connectivity index (χ4n) is 2.21. The summed E-state index contributed by atoms with van der Waals surface area (Å²) >= 11 is 0. The van der Waals surface area contributed by atoms with E-state index in [4.69, 9.17) is 5.26 Å². The van der Waals surface area contributed by atoms with E-state index < -0.39 is 42.9 Å². The number of hydrogen-bond acceptors (Lipinski definition) is 3. The van der Waals surface area contributed by atoms with E-state index in [-0.39, 0.29) is 5.92 Å². The van der Waals surface area contributed by atoms with Crippen LogP contribution in [0.15, 0.2) is 0 Å². The van der Waals surface area contributed by atoms with Crippen molar-refractivity contribution in [3.05, 3.63) is 0 Å². The standard InChI is InChI=1S/C13H20F2N4O2/c1-4-17-12(21)18-10(8(2)3)11(20)19-7-13(14,15)5-9(19)6-16/h8-10H,4-5,7H2,1-3H3,(H2,17,18,21). The van der Waals surface area contributed by atoms with Gasteiger partial charge in [0.1, 0.15) is 12.1 Å². The van der Waals surface area contributed by atoms with Crippen LogP contribution in [0.3, 0.4) is 0 Å². The smallest absolute Gasteiger partial charge is 0.315 e. The second-order valence-electron chi connectivity index (χ2n) is 5.40. The second-order valence-corrected chi connectivity index (χ2v) is 5.40. The van der Waals surface area contributed by atoms with Crippen LogP contribution in [0.2, 0.25) is 0 Å². The number of hydrogen-bond donors (Lipinski definition) is 2. The predicted octanol–water partition coefficient (Wildman–Crippen LogP) is 1.09. The summed E-state index contributed by atoms with van der Waals surface area (Å²) in [5, 5.41) is 13.9. The molecule has 1 aliphatic heterocycles. The minimum Gasteiger partial charge on any atom is -0.338 e. The van der Waals surface area contributed by atoms with Crippen molar-refractivity contribution in [2.45, 2.75) is 45.2 Å². The topological polar surface area (TPSA) is 85.2 Å². The van der Waals surface area contributed by atoms with Gasteiger partial charge in [-0.3, -0.25) is 4.79 Å². The molecule has 2 atom stereocenters. The Balaban J connectivity index is 2.86. The Bertz CT molecular complexity index is 448. The van der Waals surface area contributed by atoms with Gasteiger partial charge in [0.05, 0.1) is 12.6 Å². The molecule has 3 amide bonds. The number of nitriles is 1. The van der Waals surface area contributed by atoms with E-state index in [9.17, 15) is 18.4 Å². The monoisotopic (exact) mass is 302 g/mol. The van der Waals surface area contributed by atoms with Crippen LogP contribution in [0.5, 0.6) is 0 Å². The molecule has 1 heterocycles. The Hall–Kier alpha value is -1.91. The van der Waals surface area contributed by atoms with Gasteiger partial charge >= 0.3 is 6.03 Å². The molecule has 1 fully saturated rings. The lowest BCUT2D eigenvalue weighted by molar-refractivity contribution is -0.135. The summed E-state index contributed by atoms with van der Waals surface area (Å²) < 4.78 is 26.8. The highest BCUT2D eigenvalue weighted by molar-refractivity contribution is 5.88. The largest absolute Gasteiger partial charge is 0.338 e. The zero-order valence-corrected chi connectivity index (χ0v) is 12.3. The van der Waals surface area contributed by atoms with E-state index in [0.717, 1.165) is 4.90 Å². The van der Waals surface area contributed by atoms with Crippen LogP contribution in [-0.4, -0.2) is 47.9 Å². The van der Waals surface area contributed by atoms with Crippen LogP contribution in [0.4, 0.5) is 13.6 Å². The summed E-state index contributed by atoms with van der Waals surface area (Å²) in [4.78, 5) is 24.8. The number of rotatable bonds is 4. The summed E-state index contributed by atoms with van der Waals surface area (Å²) in [6, 6.07) is -0.924. The number of likely N-dealkylation sites (tertiary alicyclic amines) is 1. The van der Waals surface area contributed by atoms with Gasteiger partial charge in [-0.2, -0.15) is 5.26 Å². The van der Waals surface area contributed by atoms with Gasteiger partial charge in [0, 0.05) is 13.0 Å². The molecule has 0 aromatic rings. The maximum absolute atomic E-state index is 13.4. The maximum Gasteiger partial charge on any atom is 0.315 e. The van der Waals surface area contributed by atoms with Crippen LogP contribution in [-0.2, 0) is 4.79 Å². The van der Waals surface area contributed by atoms with Crippen molar-refractivity contribution in [2.75, 3.05) is 13.1 Å². The van der Waals surface area contributed by atoms with E-state index in [1.54, 1.807) is 26.8 Å². The summed E-state index contributed by atoms with van der Waals surface area (Å²) in [5.74, 6) is -4.00. The van der Waals surface area contributed by atoms with E-state index >= 15 is 0 Å². The zero-order chi connectivity index (χ0) is 16.2. The van der Waals surface area contributed by atoms with Gasteiger partial charge < -0.3 is 15.5 Å². The highest BCUT2D eigenvalue weighted by atomic mass is 19.3. The number of alkyl halides is 2. The molecule has 6 nitrogen and oxygen atoms in total. The second kappa shape index (κ2) is 6.70. The molecule has 0 aliphatic carbocycles. The lowest BCUT2D eigenvalue weighted by Gasteiger charge is -2.28. The van der Waals surface area contributed by atoms with Crippen molar-refractivity contribution in [3.8, 4) is 6.07 Å². The Morgan fingerprint density at radius 1 is 1.48 bits per heavy atom. The fourth-order valence-corrected chi connectivity index (χ4v) is 2.21. The summed E-state index contributed by atoms with van der Waals surface area (Å²) in [6.45, 7) is 4.71. The Labute approximate surface area is 122 Å². The summed E-state index contributed by atoms with van der Waals surface area (Å²) in [6.07, 6.45) is -0.665. The number of nitrogens with one attached hydrogen (secondary N) is 2. The molecule has 0 aromatic heterocycles. The third-order valence-corrected chi connectivity index (χ3v) is 3.26. The highest BCUT2D eigenvalue weighted by Gasteiger charge is 2.48. The normalized spacial score (nSPS) is 21.8. The van der Waals surface area contributed by atoms with Gasteiger partial charge in [-0.15, -0.1) is 0 Å². The lowest BCUT2D eigenvalue weighted by Crippen LogP contribution is -2.54. The van der Waals surface area contributed by atoms with Crippen molar-refractivity contribution in [2.24, 2.45) is 5.92 Å². The van der Waals surface area contributed by atoms with Gasteiger partial charge in [0.2, 0.25) is 5.91 Å². The fraction of sp³-hybridized carbons (Fsp3) is 0.769. The number of nitrogens with zero attached hydrogens (tertiary/aromatic N) is 2. The predicted molar refractivity (Wildman–Crippen MR) is 71.5 cm³/mol. The summed E-state index contributed by atoms with van der Waals surface area (Å²) in [5.41, 5.74) is 0. The molecule has 0 spiro atoms. The lowest BCUT2D eigenvalue weighted by atomic mass is 10.0. The van der Waals surface area contributed by atoms with Crippen LogP contribution in [0.25, 0.3) is 0 Å². The average molecular weight is 302 g/mol. The van der Waals surface area contributed by atoms with Gasteiger partial charge in [-0.1, -0.05) is 13.8 Å². The first-order valence-corrected chi connectivity index (χ1v) is 6.84. The molecule has 1 aliphatic rings. The molecule has 0 bridgehead atoms. The number of halogens is 2. The molecule has 1 saturated heterocycles. The molecule has 2 N–H and O–H groups in total. The first-order valence-electron chi connectivity index (χ1n) is 6.84. The Kier molecular flexibility index (Phi) is 5.47. The Morgan fingerprint density at radius 2 is 2.10 bits per heavy atom. The highest BCUT2D eigenvalue weighted by Crippen LogP contribution is 2.32. The molecule has 21 heavy (non-hydrogen) atoms. The molecule has 8 heteroatoms. The molecule has 0 aromatic carbocycles. The van der Waals surface area contributed by atoms with Crippen LogP contribution >= 0.6 is 0 Å². The Morgan fingerprint density at radius 3 is 2.57 bits per heavy atom. The number of urea groups is 1. The molecular formula is C13H20F2N4O2. The minimum absolute atomic E-state index is 0.284.